The van der Waals surface area contributed by atoms with Crippen molar-refractivity contribution in [1.29, 1.82) is 5.26 Å². The van der Waals surface area contributed by atoms with Gasteiger partial charge in [-0.1, -0.05) is 12.1 Å². The normalized spacial score (nSPS) is 10.3. The highest BCUT2D eigenvalue weighted by Crippen LogP contribution is 2.21. The van der Waals surface area contributed by atoms with Crippen LogP contribution < -0.4 is 11.3 Å². The van der Waals surface area contributed by atoms with E-state index in [1.807, 2.05) is 37.5 Å². The van der Waals surface area contributed by atoms with Crippen LogP contribution in [-0.2, 0) is 0 Å². The first-order valence-electron chi connectivity index (χ1n) is 8.21. The topological polar surface area (TPSA) is 104 Å². The first-order chi connectivity index (χ1) is 13.0. The molecule has 0 amide bonds. The van der Waals surface area contributed by atoms with Gasteiger partial charge >= 0.3 is 0 Å². The standard InChI is InChI=1S/C18H17N5OS.CH5N/c1-12-17(14-6-4-13(10-19)5-7-14)18(24)23(21-12)16-9-8-15(11-20-16)25-22(2)3;1-2/h4-9,11,21H,1-3H3;2H2,1H3. The molecule has 0 fully saturated rings. The molecule has 3 N–H and O–H groups in total. The molecule has 0 bridgehead atoms. The number of rotatable bonds is 4. The predicted octanol–water partition coefficient (Wildman–Crippen LogP) is 2.55. The molecule has 0 saturated heterocycles. The highest BCUT2D eigenvalue weighted by Gasteiger charge is 2.15. The molecule has 7 nitrogen and oxygen atoms in total. The lowest BCUT2D eigenvalue weighted by molar-refractivity contribution is 0.702. The number of hydrogen-bond donors (Lipinski definition) is 2. The molecular formula is C19H22N6OS. The van der Waals surface area contributed by atoms with E-state index in [0.29, 0.717) is 16.9 Å². The van der Waals surface area contributed by atoms with Crippen molar-refractivity contribution in [1.82, 2.24) is 19.1 Å². The summed E-state index contributed by atoms with van der Waals surface area (Å²) in [4.78, 5) is 18.2. The lowest BCUT2D eigenvalue weighted by atomic mass is 10.1. The maximum absolute atomic E-state index is 12.8. The summed E-state index contributed by atoms with van der Waals surface area (Å²) in [6, 6.07) is 12.8. The van der Waals surface area contributed by atoms with E-state index in [-0.39, 0.29) is 5.56 Å². The van der Waals surface area contributed by atoms with E-state index >= 15 is 0 Å². The molecule has 0 aliphatic carbocycles. The highest BCUT2D eigenvalue weighted by atomic mass is 32.2. The molecule has 0 aliphatic heterocycles. The third-order valence-corrected chi connectivity index (χ3v) is 4.43. The Morgan fingerprint density at radius 1 is 1.19 bits per heavy atom. The van der Waals surface area contributed by atoms with Crippen molar-refractivity contribution in [2.75, 3.05) is 21.1 Å². The monoisotopic (exact) mass is 382 g/mol. The maximum atomic E-state index is 12.8. The van der Waals surface area contributed by atoms with Crippen LogP contribution in [0.25, 0.3) is 16.9 Å². The second kappa shape index (κ2) is 9.19. The Morgan fingerprint density at radius 2 is 1.85 bits per heavy atom. The molecule has 3 rings (SSSR count). The molecule has 0 unspecified atom stereocenters. The van der Waals surface area contributed by atoms with Gasteiger partial charge in [0.2, 0.25) is 0 Å². The molecular weight excluding hydrogens is 360 g/mol. The van der Waals surface area contributed by atoms with Crippen molar-refractivity contribution < 1.29 is 0 Å². The van der Waals surface area contributed by atoms with Crippen LogP contribution in [0.4, 0.5) is 0 Å². The molecule has 0 saturated carbocycles. The minimum Gasteiger partial charge on any atom is -0.333 e. The fourth-order valence-electron chi connectivity index (χ4n) is 2.53. The van der Waals surface area contributed by atoms with Gasteiger partial charge in [0.05, 0.1) is 17.2 Å². The molecule has 2 aromatic heterocycles. The van der Waals surface area contributed by atoms with E-state index in [9.17, 15) is 4.79 Å². The molecule has 3 aromatic rings. The van der Waals surface area contributed by atoms with Crippen molar-refractivity contribution in [2.24, 2.45) is 5.73 Å². The van der Waals surface area contributed by atoms with Gasteiger partial charge in [0, 0.05) is 16.8 Å². The number of aromatic amines is 1. The van der Waals surface area contributed by atoms with Gasteiger partial charge in [0.15, 0.2) is 5.82 Å². The summed E-state index contributed by atoms with van der Waals surface area (Å²) < 4.78 is 3.41. The van der Waals surface area contributed by atoms with Crippen LogP contribution in [-0.4, -0.2) is 40.2 Å². The Labute approximate surface area is 162 Å². The lowest BCUT2D eigenvalue weighted by Crippen LogP contribution is -2.16. The summed E-state index contributed by atoms with van der Waals surface area (Å²) in [6.07, 6.45) is 1.74. The predicted molar refractivity (Wildman–Crippen MR) is 109 cm³/mol. The van der Waals surface area contributed by atoms with Crippen LogP contribution in [0.1, 0.15) is 11.3 Å². The SMILES string of the molecule is CN.Cc1[nH]n(-c2ccc(SN(C)C)cn2)c(=O)c1-c1ccc(C#N)cc1. The number of aryl methyl sites for hydroxylation is 1. The number of pyridine rings is 1. The zero-order valence-electron chi connectivity index (χ0n) is 15.7. The van der Waals surface area contributed by atoms with Crippen LogP contribution in [0.2, 0.25) is 0 Å². The fraction of sp³-hybridized carbons (Fsp3) is 0.211. The largest absolute Gasteiger partial charge is 0.333 e. The van der Waals surface area contributed by atoms with E-state index < -0.39 is 0 Å². The average Bonchev–Trinajstić information content (AvgIpc) is 2.98. The molecule has 0 radical (unpaired) electrons. The van der Waals surface area contributed by atoms with Crippen molar-refractivity contribution in [3.63, 3.8) is 0 Å². The molecule has 0 atom stereocenters. The van der Waals surface area contributed by atoms with Crippen molar-refractivity contribution in [3.8, 4) is 23.0 Å². The van der Waals surface area contributed by atoms with Crippen molar-refractivity contribution >= 4 is 11.9 Å². The minimum absolute atomic E-state index is 0.164. The van der Waals surface area contributed by atoms with Gasteiger partial charge < -0.3 is 5.73 Å². The van der Waals surface area contributed by atoms with Crippen molar-refractivity contribution in [2.45, 2.75) is 11.8 Å². The van der Waals surface area contributed by atoms with Gasteiger partial charge in [-0.3, -0.25) is 14.2 Å². The zero-order chi connectivity index (χ0) is 20.0. The first-order valence-corrected chi connectivity index (χ1v) is 8.98. The molecule has 140 valence electrons. The summed E-state index contributed by atoms with van der Waals surface area (Å²) in [6.45, 7) is 1.85. The molecule has 27 heavy (non-hydrogen) atoms. The Hall–Kier alpha value is -2.86. The first kappa shape index (κ1) is 20.5. The van der Waals surface area contributed by atoms with Gasteiger partial charge in [-0.25, -0.2) is 9.67 Å². The summed E-state index contributed by atoms with van der Waals surface area (Å²) in [5.74, 6) is 0.538. The number of nitrogens with two attached hydrogens (primary N) is 1. The minimum atomic E-state index is -0.164. The molecule has 2 heterocycles. The Balaban J connectivity index is 0.00000126. The average molecular weight is 382 g/mol. The van der Waals surface area contributed by atoms with Crippen molar-refractivity contribution in [3.05, 3.63) is 64.2 Å². The molecule has 8 heteroatoms. The van der Waals surface area contributed by atoms with Gasteiger partial charge in [0.1, 0.15) is 0 Å². The van der Waals surface area contributed by atoms with Gasteiger partial charge in [-0.05, 0) is 69.8 Å². The third-order valence-electron chi connectivity index (χ3n) is 3.61. The second-order valence-corrected chi connectivity index (χ2v) is 7.08. The van der Waals surface area contributed by atoms with Crippen LogP contribution in [0.5, 0.6) is 0 Å². The lowest BCUT2D eigenvalue weighted by Gasteiger charge is -2.08. The second-order valence-electron chi connectivity index (χ2n) is 5.70. The van der Waals surface area contributed by atoms with Crippen LogP contribution in [0, 0.1) is 18.3 Å². The summed E-state index contributed by atoms with van der Waals surface area (Å²) >= 11 is 1.56. The van der Waals surface area contributed by atoms with Gasteiger partial charge in [-0.15, -0.1) is 0 Å². The smallest absolute Gasteiger partial charge is 0.280 e. The van der Waals surface area contributed by atoms with Crippen LogP contribution in [0.15, 0.2) is 52.3 Å². The van der Waals surface area contributed by atoms with Gasteiger partial charge in [0.25, 0.3) is 5.56 Å². The highest BCUT2D eigenvalue weighted by molar-refractivity contribution is 7.97. The van der Waals surface area contributed by atoms with Crippen LogP contribution in [0.3, 0.4) is 0 Å². The number of aromatic nitrogens is 3. The van der Waals surface area contributed by atoms with Crippen LogP contribution >= 0.6 is 11.9 Å². The molecule has 0 aliphatic rings. The summed E-state index contributed by atoms with van der Waals surface area (Å²) in [5.41, 5.74) is 7.01. The number of nitriles is 1. The number of H-pyrrole nitrogens is 1. The van der Waals surface area contributed by atoms with E-state index in [1.165, 1.54) is 11.7 Å². The van der Waals surface area contributed by atoms with E-state index in [1.54, 1.807) is 42.4 Å². The Morgan fingerprint density at radius 3 is 2.37 bits per heavy atom. The number of nitrogens with one attached hydrogen (secondary N) is 1. The summed E-state index contributed by atoms with van der Waals surface area (Å²) in [5, 5.41) is 12.0. The Bertz CT molecular complexity index is 981. The summed E-state index contributed by atoms with van der Waals surface area (Å²) in [7, 11) is 5.42. The van der Waals surface area contributed by atoms with E-state index in [4.69, 9.17) is 5.26 Å². The molecule has 1 aromatic carbocycles. The van der Waals surface area contributed by atoms with E-state index in [2.05, 4.69) is 21.9 Å². The quantitative estimate of drug-likeness (QED) is 0.672. The maximum Gasteiger partial charge on any atom is 0.280 e. The number of benzene rings is 1. The van der Waals surface area contributed by atoms with E-state index in [0.717, 1.165) is 16.2 Å². The molecule has 0 spiro atoms. The third kappa shape index (κ3) is 4.65. The number of hydrogen-bond acceptors (Lipinski definition) is 6. The fourth-order valence-corrected chi connectivity index (χ4v) is 3.18. The Kier molecular flexibility index (Phi) is 6.96. The van der Waals surface area contributed by atoms with Gasteiger partial charge in [-0.2, -0.15) is 5.26 Å². The number of nitrogens with zero attached hydrogens (tertiary/aromatic N) is 4. The zero-order valence-corrected chi connectivity index (χ0v) is 16.5.